The van der Waals surface area contributed by atoms with Gasteiger partial charge in [-0.15, -0.1) is 0 Å². The zero-order chi connectivity index (χ0) is 11.6. The Morgan fingerprint density at radius 1 is 1.40 bits per heavy atom. The van der Waals surface area contributed by atoms with Gasteiger partial charge in [-0.2, -0.15) is 13.2 Å². The fraction of sp³-hybridized carbons (Fsp3) is 0.400. The van der Waals surface area contributed by atoms with E-state index in [9.17, 15) is 18.3 Å². The van der Waals surface area contributed by atoms with Gasteiger partial charge in [-0.25, -0.2) is 0 Å². The Bertz CT molecular complexity index is 349. The summed E-state index contributed by atoms with van der Waals surface area (Å²) in [5, 5.41) is 9.42. The molecule has 1 unspecified atom stereocenters. The van der Waals surface area contributed by atoms with Crippen molar-refractivity contribution >= 4 is 5.69 Å². The first-order chi connectivity index (χ1) is 6.86. The highest BCUT2D eigenvalue weighted by atomic mass is 19.4. The van der Waals surface area contributed by atoms with Gasteiger partial charge < -0.3 is 10.8 Å². The molecular weight excluding hydrogens is 207 g/mol. The zero-order valence-corrected chi connectivity index (χ0v) is 8.17. The molecule has 1 aromatic rings. The Hall–Kier alpha value is -1.23. The van der Waals surface area contributed by atoms with Gasteiger partial charge in [-0.1, -0.05) is 13.0 Å². The number of nitrogens with two attached hydrogens (primary N) is 1. The Morgan fingerprint density at radius 3 is 2.47 bits per heavy atom. The number of hydrogen-bond acceptors (Lipinski definition) is 2. The van der Waals surface area contributed by atoms with E-state index in [1.807, 2.05) is 0 Å². The van der Waals surface area contributed by atoms with Gasteiger partial charge in [-0.05, 0) is 24.1 Å². The van der Waals surface area contributed by atoms with Crippen LogP contribution in [0.5, 0.6) is 0 Å². The second-order valence-electron chi connectivity index (χ2n) is 3.27. The molecule has 0 radical (unpaired) electrons. The van der Waals surface area contributed by atoms with Crippen LogP contribution in [0.15, 0.2) is 18.2 Å². The van der Waals surface area contributed by atoms with Crippen LogP contribution in [-0.4, -0.2) is 5.11 Å². The summed E-state index contributed by atoms with van der Waals surface area (Å²) in [6, 6.07) is 3.41. The van der Waals surface area contributed by atoms with Crippen molar-refractivity contribution in [3.63, 3.8) is 0 Å². The van der Waals surface area contributed by atoms with E-state index in [0.717, 1.165) is 6.07 Å². The Morgan fingerprint density at radius 2 is 2.00 bits per heavy atom. The van der Waals surface area contributed by atoms with Gasteiger partial charge in [0, 0.05) is 5.69 Å². The Balaban J connectivity index is 3.27. The first-order valence-corrected chi connectivity index (χ1v) is 4.51. The third-order valence-corrected chi connectivity index (χ3v) is 2.13. The fourth-order valence-corrected chi connectivity index (χ4v) is 1.33. The van der Waals surface area contributed by atoms with Crippen LogP contribution in [0.4, 0.5) is 18.9 Å². The molecule has 0 aliphatic heterocycles. The van der Waals surface area contributed by atoms with Crippen LogP contribution in [0.2, 0.25) is 0 Å². The summed E-state index contributed by atoms with van der Waals surface area (Å²) in [5.74, 6) is 0. The molecular formula is C10H12F3NO. The van der Waals surface area contributed by atoms with Gasteiger partial charge in [0.2, 0.25) is 0 Å². The molecule has 84 valence electrons. The first kappa shape index (κ1) is 11.8. The van der Waals surface area contributed by atoms with Gasteiger partial charge in [0.15, 0.2) is 0 Å². The lowest BCUT2D eigenvalue weighted by atomic mass is 9.99. The SMILES string of the molecule is CCC(O)c1ccc(N)cc1C(F)(F)F. The predicted molar refractivity (Wildman–Crippen MR) is 51.1 cm³/mol. The molecule has 0 aromatic heterocycles. The lowest BCUT2D eigenvalue weighted by Crippen LogP contribution is -2.12. The van der Waals surface area contributed by atoms with E-state index in [1.165, 1.54) is 12.1 Å². The average molecular weight is 219 g/mol. The second-order valence-corrected chi connectivity index (χ2v) is 3.27. The monoisotopic (exact) mass is 219 g/mol. The van der Waals surface area contributed by atoms with Crippen LogP contribution in [0, 0.1) is 0 Å². The van der Waals surface area contributed by atoms with Crippen molar-refractivity contribution in [1.82, 2.24) is 0 Å². The minimum atomic E-state index is -4.49. The van der Waals surface area contributed by atoms with Crippen LogP contribution >= 0.6 is 0 Å². The number of aliphatic hydroxyl groups excluding tert-OH is 1. The largest absolute Gasteiger partial charge is 0.416 e. The number of aliphatic hydroxyl groups is 1. The molecule has 0 spiro atoms. The van der Waals surface area contributed by atoms with E-state index in [2.05, 4.69) is 0 Å². The highest BCUT2D eigenvalue weighted by Gasteiger charge is 2.34. The number of benzene rings is 1. The molecule has 1 aromatic carbocycles. The van der Waals surface area contributed by atoms with Crippen LogP contribution in [0.25, 0.3) is 0 Å². The molecule has 0 saturated carbocycles. The second kappa shape index (κ2) is 4.10. The molecule has 15 heavy (non-hydrogen) atoms. The van der Waals surface area contributed by atoms with E-state index in [0.29, 0.717) is 0 Å². The minimum Gasteiger partial charge on any atom is -0.399 e. The molecule has 5 heteroatoms. The van der Waals surface area contributed by atoms with Crippen LogP contribution in [-0.2, 0) is 6.18 Å². The predicted octanol–water partition coefficient (Wildman–Crippen LogP) is 2.73. The smallest absolute Gasteiger partial charge is 0.399 e. The number of halogens is 3. The quantitative estimate of drug-likeness (QED) is 0.751. The van der Waals surface area contributed by atoms with Gasteiger partial charge in [0.05, 0.1) is 11.7 Å². The molecule has 3 N–H and O–H groups in total. The molecule has 1 atom stereocenters. The molecule has 0 saturated heterocycles. The molecule has 0 fully saturated rings. The minimum absolute atomic E-state index is 0.0365. The van der Waals surface area contributed by atoms with Crippen molar-refractivity contribution in [2.45, 2.75) is 25.6 Å². The number of hydrogen-bond donors (Lipinski definition) is 2. The summed E-state index contributed by atoms with van der Waals surface area (Å²) >= 11 is 0. The lowest BCUT2D eigenvalue weighted by Gasteiger charge is -2.16. The summed E-state index contributed by atoms with van der Waals surface area (Å²) in [4.78, 5) is 0. The van der Waals surface area contributed by atoms with Crippen molar-refractivity contribution in [2.75, 3.05) is 5.73 Å². The Labute approximate surface area is 85.5 Å². The number of alkyl halides is 3. The average Bonchev–Trinajstić information content (AvgIpc) is 2.15. The van der Waals surface area contributed by atoms with E-state index < -0.39 is 17.8 Å². The highest BCUT2D eigenvalue weighted by Crippen LogP contribution is 2.36. The highest BCUT2D eigenvalue weighted by molar-refractivity contribution is 5.46. The molecule has 1 rings (SSSR count). The van der Waals surface area contributed by atoms with Crippen molar-refractivity contribution < 1.29 is 18.3 Å². The topological polar surface area (TPSA) is 46.2 Å². The molecule has 2 nitrogen and oxygen atoms in total. The first-order valence-electron chi connectivity index (χ1n) is 4.51. The van der Waals surface area contributed by atoms with E-state index >= 15 is 0 Å². The molecule has 0 aliphatic carbocycles. The molecule has 0 heterocycles. The third-order valence-electron chi connectivity index (χ3n) is 2.13. The van der Waals surface area contributed by atoms with Gasteiger partial charge in [0.1, 0.15) is 0 Å². The zero-order valence-electron chi connectivity index (χ0n) is 8.17. The van der Waals surface area contributed by atoms with Gasteiger partial charge in [-0.3, -0.25) is 0 Å². The molecule has 0 bridgehead atoms. The van der Waals surface area contributed by atoms with Crippen molar-refractivity contribution in [2.24, 2.45) is 0 Å². The number of anilines is 1. The van der Waals surface area contributed by atoms with Crippen LogP contribution in [0.1, 0.15) is 30.6 Å². The van der Waals surface area contributed by atoms with E-state index in [4.69, 9.17) is 5.73 Å². The molecule has 0 aliphatic rings. The van der Waals surface area contributed by atoms with Crippen molar-refractivity contribution in [3.8, 4) is 0 Å². The maximum atomic E-state index is 12.6. The normalized spacial score (nSPS) is 13.9. The fourth-order valence-electron chi connectivity index (χ4n) is 1.33. The van der Waals surface area contributed by atoms with E-state index in [-0.39, 0.29) is 17.7 Å². The molecule has 0 amide bonds. The summed E-state index contributed by atoms with van der Waals surface area (Å²) in [7, 11) is 0. The maximum Gasteiger partial charge on any atom is 0.416 e. The number of nitrogen functional groups attached to an aromatic ring is 1. The summed E-state index contributed by atoms with van der Waals surface area (Å²) in [6.45, 7) is 1.61. The Kier molecular flexibility index (Phi) is 3.24. The van der Waals surface area contributed by atoms with Crippen molar-refractivity contribution in [3.05, 3.63) is 29.3 Å². The van der Waals surface area contributed by atoms with Crippen LogP contribution < -0.4 is 5.73 Å². The lowest BCUT2D eigenvalue weighted by molar-refractivity contribution is -0.139. The van der Waals surface area contributed by atoms with Gasteiger partial charge >= 0.3 is 6.18 Å². The standard InChI is InChI=1S/C10H12F3NO/c1-2-9(15)7-4-3-6(14)5-8(7)10(11,12)13/h3-5,9,15H,2,14H2,1H3. The summed E-state index contributed by atoms with van der Waals surface area (Å²) in [6.07, 6.45) is -5.37. The maximum absolute atomic E-state index is 12.6. The summed E-state index contributed by atoms with van der Waals surface area (Å²) < 4.78 is 37.7. The van der Waals surface area contributed by atoms with Gasteiger partial charge in [0.25, 0.3) is 0 Å². The summed E-state index contributed by atoms with van der Waals surface area (Å²) in [5.41, 5.74) is 4.33. The van der Waals surface area contributed by atoms with Crippen molar-refractivity contribution in [1.29, 1.82) is 0 Å². The van der Waals surface area contributed by atoms with Crippen LogP contribution in [0.3, 0.4) is 0 Å². The number of rotatable bonds is 2. The third kappa shape index (κ3) is 2.62. The van der Waals surface area contributed by atoms with E-state index in [1.54, 1.807) is 6.92 Å².